The van der Waals surface area contributed by atoms with Crippen LogP contribution in [0.5, 0.6) is 11.5 Å². The summed E-state index contributed by atoms with van der Waals surface area (Å²) in [5.74, 6) is 2.42. The van der Waals surface area contributed by atoms with Crippen LogP contribution in [0.4, 0.5) is 0 Å². The van der Waals surface area contributed by atoms with E-state index in [2.05, 4.69) is 46.0 Å². The van der Waals surface area contributed by atoms with Gasteiger partial charge in [0.05, 0.1) is 12.7 Å². The monoisotopic (exact) mass is 383 g/mol. The molecule has 0 saturated heterocycles. The number of aliphatic imine (C=N–C) groups is 1. The van der Waals surface area contributed by atoms with Crippen LogP contribution in [-0.4, -0.2) is 32.4 Å². The minimum atomic E-state index is 0.244. The minimum Gasteiger partial charge on any atom is -0.454 e. The Morgan fingerprint density at radius 2 is 1.71 bits per heavy atom. The maximum absolute atomic E-state index is 5.63. The summed E-state index contributed by atoms with van der Waals surface area (Å²) in [7, 11) is 1.78. The van der Waals surface area contributed by atoms with Crippen molar-refractivity contribution in [2.24, 2.45) is 4.99 Å². The average molecular weight is 383 g/mol. The van der Waals surface area contributed by atoms with E-state index in [0.29, 0.717) is 13.4 Å². The van der Waals surface area contributed by atoms with E-state index in [1.165, 1.54) is 16.7 Å². The lowest BCUT2D eigenvalue weighted by Crippen LogP contribution is -2.37. The fourth-order valence-electron chi connectivity index (χ4n) is 2.84. The van der Waals surface area contributed by atoms with Crippen molar-refractivity contribution in [3.63, 3.8) is 0 Å². The van der Waals surface area contributed by atoms with Crippen LogP contribution in [0.25, 0.3) is 0 Å². The van der Waals surface area contributed by atoms with Gasteiger partial charge in [0.1, 0.15) is 0 Å². The minimum absolute atomic E-state index is 0.244. The second kappa shape index (κ2) is 9.99. The number of hydrogen-bond donors (Lipinski definition) is 2. The Morgan fingerprint density at radius 1 is 1.00 bits per heavy atom. The predicted octanol–water partition coefficient (Wildman–Crippen LogP) is 3.25. The van der Waals surface area contributed by atoms with Crippen LogP contribution >= 0.6 is 0 Å². The van der Waals surface area contributed by atoms with Crippen molar-refractivity contribution >= 4 is 5.96 Å². The molecule has 6 heteroatoms. The van der Waals surface area contributed by atoms with Gasteiger partial charge in [-0.3, -0.25) is 4.99 Å². The fraction of sp³-hybridized carbons (Fsp3) is 0.409. The molecule has 3 rings (SSSR count). The first-order valence-corrected chi connectivity index (χ1v) is 9.66. The molecule has 6 nitrogen and oxygen atoms in total. The highest BCUT2D eigenvalue weighted by Crippen LogP contribution is 2.32. The number of ether oxygens (including phenoxy) is 3. The lowest BCUT2D eigenvalue weighted by molar-refractivity contribution is 0.0657. The Balaban J connectivity index is 1.41. The Bertz CT molecular complexity index is 788. The summed E-state index contributed by atoms with van der Waals surface area (Å²) in [6.45, 7) is 6.54. The van der Waals surface area contributed by atoms with Crippen LogP contribution in [0.15, 0.2) is 47.5 Å². The molecule has 0 aromatic heterocycles. The van der Waals surface area contributed by atoms with E-state index in [4.69, 9.17) is 14.2 Å². The molecule has 28 heavy (non-hydrogen) atoms. The normalized spacial score (nSPS) is 13.1. The molecule has 1 aliphatic heterocycles. The zero-order valence-electron chi connectivity index (χ0n) is 16.8. The van der Waals surface area contributed by atoms with Gasteiger partial charge < -0.3 is 24.8 Å². The molecule has 1 heterocycles. The van der Waals surface area contributed by atoms with Gasteiger partial charge in [-0.25, -0.2) is 0 Å². The molecule has 2 N–H and O–H groups in total. The molecule has 0 saturated carbocycles. The number of hydrogen-bond acceptors (Lipinski definition) is 4. The maximum atomic E-state index is 5.63. The van der Waals surface area contributed by atoms with Crippen LogP contribution in [0.2, 0.25) is 0 Å². The highest BCUT2D eigenvalue weighted by atomic mass is 16.7. The van der Waals surface area contributed by atoms with Crippen LogP contribution in [0, 0.1) is 0 Å². The Kier molecular flexibility index (Phi) is 7.14. The lowest BCUT2D eigenvalue weighted by Gasteiger charge is -2.13. The largest absolute Gasteiger partial charge is 0.454 e. The average Bonchev–Trinajstić information content (AvgIpc) is 3.17. The van der Waals surface area contributed by atoms with Gasteiger partial charge in [-0.05, 0) is 49.1 Å². The van der Waals surface area contributed by atoms with E-state index in [0.717, 1.165) is 37.0 Å². The van der Waals surface area contributed by atoms with Gasteiger partial charge in [-0.1, -0.05) is 30.3 Å². The predicted molar refractivity (Wildman–Crippen MR) is 111 cm³/mol. The summed E-state index contributed by atoms with van der Waals surface area (Å²) in [4.78, 5) is 4.29. The van der Waals surface area contributed by atoms with E-state index in [9.17, 15) is 0 Å². The van der Waals surface area contributed by atoms with Crippen molar-refractivity contribution in [2.45, 2.75) is 39.5 Å². The van der Waals surface area contributed by atoms with E-state index in [1.54, 1.807) is 7.05 Å². The van der Waals surface area contributed by atoms with Gasteiger partial charge in [0, 0.05) is 20.1 Å². The number of fused-ring (bicyclic) bond motifs is 1. The van der Waals surface area contributed by atoms with Gasteiger partial charge in [0.15, 0.2) is 17.5 Å². The first-order valence-electron chi connectivity index (χ1n) is 9.66. The number of benzene rings is 2. The number of nitrogens with one attached hydrogen (secondary N) is 2. The summed E-state index contributed by atoms with van der Waals surface area (Å²) >= 11 is 0. The number of rotatable bonds is 8. The molecule has 2 aromatic rings. The third-order valence-electron chi connectivity index (χ3n) is 4.43. The molecule has 0 bridgehead atoms. The van der Waals surface area contributed by atoms with Crippen LogP contribution in [0.3, 0.4) is 0 Å². The second-order valence-electron chi connectivity index (χ2n) is 6.97. The molecule has 0 unspecified atom stereocenters. The van der Waals surface area contributed by atoms with Crippen LogP contribution < -0.4 is 20.1 Å². The third-order valence-corrected chi connectivity index (χ3v) is 4.43. The van der Waals surface area contributed by atoms with Crippen LogP contribution in [-0.2, 0) is 24.3 Å². The zero-order chi connectivity index (χ0) is 19.8. The Hall–Kier alpha value is -2.73. The zero-order valence-corrected chi connectivity index (χ0v) is 16.8. The molecule has 0 aliphatic carbocycles. The molecular formula is C22H29N3O3. The smallest absolute Gasteiger partial charge is 0.231 e. The molecule has 0 fully saturated rings. The molecule has 0 amide bonds. The van der Waals surface area contributed by atoms with Crippen molar-refractivity contribution in [1.82, 2.24) is 10.6 Å². The fourth-order valence-corrected chi connectivity index (χ4v) is 2.84. The van der Waals surface area contributed by atoms with E-state index in [-0.39, 0.29) is 6.10 Å². The van der Waals surface area contributed by atoms with Crippen molar-refractivity contribution in [3.8, 4) is 11.5 Å². The van der Waals surface area contributed by atoms with Crippen LogP contribution in [0.1, 0.15) is 30.5 Å². The third kappa shape index (κ3) is 5.89. The van der Waals surface area contributed by atoms with Gasteiger partial charge in [-0.15, -0.1) is 0 Å². The standard InChI is InChI=1S/C22H29N3O3/c1-16(2)26-14-19-6-4-18(5-7-19)13-25-22(23-3)24-11-10-17-8-9-20-21(12-17)28-15-27-20/h4-9,12,16H,10-11,13-15H2,1-3H3,(H2,23,24,25). The quantitative estimate of drug-likeness (QED) is 0.541. The van der Waals surface area contributed by atoms with Crippen molar-refractivity contribution in [2.75, 3.05) is 20.4 Å². The van der Waals surface area contributed by atoms with Crippen molar-refractivity contribution < 1.29 is 14.2 Å². The van der Waals surface area contributed by atoms with Crippen molar-refractivity contribution in [1.29, 1.82) is 0 Å². The highest BCUT2D eigenvalue weighted by Gasteiger charge is 2.12. The first kappa shape index (κ1) is 20.0. The Morgan fingerprint density at radius 3 is 2.46 bits per heavy atom. The van der Waals surface area contributed by atoms with E-state index >= 15 is 0 Å². The summed E-state index contributed by atoms with van der Waals surface area (Å²) in [6, 6.07) is 14.5. The molecule has 0 spiro atoms. The van der Waals surface area contributed by atoms with E-state index in [1.807, 2.05) is 26.0 Å². The summed E-state index contributed by atoms with van der Waals surface area (Å²) in [5.41, 5.74) is 3.59. The van der Waals surface area contributed by atoms with Crippen molar-refractivity contribution in [3.05, 3.63) is 59.2 Å². The molecular weight excluding hydrogens is 354 g/mol. The molecule has 1 aliphatic rings. The number of nitrogens with zero attached hydrogens (tertiary/aromatic N) is 1. The van der Waals surface area contributed by atoms with Gasteiger partial charge in [-0.2, -0.15) is 0 Å². The van der Waals surface area contributed by atoms with E-state index < -0.39 is 0 Å². The maximum Gasteiger partial charge on any atom is 0.231 e. The molecule has 150 valence electrons. The summed E-state index contributed by atoms with van der Waals surface area (Å²) in [6.07, 6.45) is 1.12. The molecule has 0 radical (unpaired) electrons. The van der Waals surface area contributed by atoms with Gasteiger partial charge in [0.25, 0.3) is 0 Å². The molecule has 2 aromatic carbocycles. The highest BCUT2D eigenvalue weighted by molar-refractivity contribution is 5.79. The topological polar surface area (TPSA) is 64.1 Å². The van der Waals surface area contributed by atoms with Gasteiger partial charge >= 0.3 is 0 Å². The summed E-state index contributed by atoms with van der Waals surface area (Å²) < 4.78 is 16.4. The SMILES string of the molecule is CN=C(NCCc1ccc2c(c1)OCO2)NCc1ccc(COC(C)C)cc1. The first-order chi connectivity index (χ1) is 13.6. The Labute approximate surface area is 166 Å². The lowest BCUT2D eigenvalue weighted by atomic mass is 10.1. The molecule has 0 atom stereocenters. The summed E-state index contributed by atoms with van der Waals surface area (Å²) in [5, 5.41) is 6.69. The second-order valence-corrected chi connectivity index (χ2v) is 6.97. The number of guanidine groups is 1. The van der Waals surface area contributed by atoms with Gasteiger partial charge in [0.2, 0.25) is 6.79 Å².